The lowest BCUT2D eigenvalue weighted by atomic mass is 10.0. The average Bonchev–Trinajstić information content (AvgIpc) is 3.30. The lowest BCUT2D eigenvalue weighted by Gasteiger charge is -2.36. The van der Waals surface area contributed by atoms with Gasteiger partial charge in [0.25, 0.3) is 5.91 Å². The van der Waals surface area contributed by atoms with E-state index in [-0.39, 0.29) is 18.6 Å². The number of hydrogen-bond acceptors (Lipinski definition) is 4. The van der Waals surface area contributed by atoms with Crippen molar-refractivity contribution >= 4 is 11.9 Å². The molecule has 194 valence electrons. The van der Waals surface area contributed by atoms with E-state index in [9.17, 15) is 9.59 Å². The Bertz CT molecular complexity index is 1400. The number of carbonyl (C=O) groups excluding carboxylic acids is 1. The quantitative estimate of drug-likeness (QED) is 0.364. The summed E-state index contributed by atoms with van der Waals surface area (Å²) in [5.41, 5.74) is 5.67. The van der Waals surface area contributed by atoms with Gasteiger partial charge in [0.15, 0.2) is 6.61 Å². The van der Waals surface area contributed by atoms with Crippen molar-refractivity contribution in [2.45, 2.75) is 19.4 Å². The first-order chi connectivity index (χ1) is 18.5. The van der Waals surface area contributed by atoms with Gasteiger partial charge in [-0.25, -0.2) is 4.79 Å². The van der Waals surface area contributed by atoms with Crippen LogP contribution in [0.25, 0.3) is 16.9 Å². The predicted octanol–water partition coefficient (Wildman–Crippen LogP) is 4.57. The Balaban J connectivity index is 1.45. The van der Waals surface area contributed by atoms with E-state index in [0.29, 0.717) is 30.8 Å². The number of aliphatic carboxylic acids is 1. The maximum atomic E-state index is 14.2. The third-order valence-electron chi connectivity index (χ3n) is 6.84. The fourth-order valence-corrected chi connectivity index (χ4v) is 5.10. The Hall–Kier alpha value is -4.36. The molecule has 0 aliphatic carbocycles. The molecule has 0 radical (unpaired) electrons. The Morgan fingerprint density at radius 3 is 2.34 bits per heavy atom. The van der Waals surface area contributed by atoms with Crippen LogP contribution in [0.5, 0.6) is 5.75 Å². The zero-order chi connectivity index (χ0) is 26.5. The molecule has 1 aromatic heterocycles. The molecule has 1 fully saturated rings. The van der Waals surface area contributed by atoms with Crippen LogP contribution in [0.3, 0.4) is 0 Å². The maximum Gasteiger partial charge on any atom is 0.341 e. The van der Waals surface area contributed by atoms with Crippen LogP contribution in [-0.4, -0.2) is 58.7 Å². The summed E-state index contributed by atoms with van der Waals surface area (Å²) in [5, 5.41) is 12.3. The van der Waals surface area contributed by atoms with Crippen molar-refractivity contribution < 1.29 is 19.4 Å². The Labute approximate surface area is 222 Å². The number of nitrogens with one attached hydrogen (secondary N) is 1. The fourth-order valence-electron chi connectivity index (χ4n) is 5.10. The van der Waals surface area contributed by atoms with Crippen LogP contribution in [0, 0.1) is 6.92 Å². The number of nitrogens with zero attached hydrogens (tertiary/aromatic N) is 2. The molecule has 4 aromatic rings. The summed E-state index contributed by atoms with van der Waals surface area (Å²) in [5.74, 6) is -0.478. The molecule has 7 nitrogen and oxygen atoms in total. The van der Waals surface area contributed by atoms with Gasteiger partial charge in [-0.1, -0.05) is 60.7 Å². The van der Waals surface area contributed by atoms with Gasteiger partial charge < -0.3 is 24.6 Å². The van der Waals surface area contributed by atoms with Crippen molar-refractivity contribution in [1.29, 1.82) is 0 Å². The summed E-state index contributed by atoms with van der Waals surface area (Å²) in [7, 11) is 0. The molecule has 5 rings (SSSR count). The number of para-hydroxylation sites is 1. The lowest BCUT2D eigenvalue weighted by Crippen LogP contribution is -2.54. The molecular formula is C31H31N3O4. The van der Waals surface area contributed by atoms with E-state index < -0.39 is 5.97 Å². The summed E-state index contributed by atoms with van der Waals surface area (Å²) in [4.78, 5) is 27.0. The van der Waals surface area contributed by atoms with E-state index in [2.05, 4.69) is 22.0 Å². The minimum absolute atomic E-state index is 0.0222. The monoisotopic (exact) mass is 509 g/mol. The maximum absolute atomic E-state index is 14.2. The van der Waals surface area contributed by atoms with Crippen molar-refractivity contribution in [3.05, 3.63) is 108 Å². The molecule has 0 unspecified atom stereocenters. The molecule has 1 aliphatic rings. The van der Waals surface area contributed by atoms with Gasteiger partial charge in [-0.2, -0.15) is 0 Å². The van der Waals surface area contributed by atoms with Crippen LogP contribution in [0.2, 0.25) is 0 Å². The molecule has 3 aromatic carbocycles. The number of hydrogen-bond donors (Lipinski definition) is 2. The topological polar surface area (TPSA) is 83.8 Å². The van der Waals surface area contributed by atoms with Gasteiger partial charge in [-0.05, 0) is 54.8 Å². The van der Waals surface area contributed by atoms with E-state index >= 15 is 0 Å². The van der Waals surface area contributed by atoms with Crippen molar-refractivity contribution in [3.8, 4) is 22.7 Å². The van der Waals surface area contributed by atoms with Crippen molar-refractivity contribution in [2.75, 3.05) is 26.2 Å². The van der Waals surface area contributed by atoms with Crippen molar-refractivity contribution in [2.24, 2.45) is 0 Å². The van der Waals surface area contributed by atoms with E-state index in [1.165, 1.54) is 0 Å². The van der Waals surface area contributed by atoms with Crippen molar-refractivity contribution in [1.82, 2.24) is 14.8 Å². The molecule has 0 saturated carbocycles. The number of amides is 1. The molecule has 2 heterocycles. The molecule has 1 amide bonds. The third kappa shape index (κ3) is 5.48. The summed E-state index contributed by atoms with van der Waals surface area (Å²) < 4.78 is 7.42. The first kappa shape index (κ1) is 25.3. The minimum atomic E-state index is -1.01. The van der Waals surface area contributed by atoms with Crippen LogP contribution in [0.1, 0.15) is 21.6 Å². The smallest absolute Gasteiger partial charge is 0.341 e. The summed E-state index contributed by atoms with van der Waals surface area (Å²) in [6.45, 7) is 3.72. The highest BCUT2D eigenvalue weighted by Gasteiger charge is 2.31. The highest BCUT2D eigenvalue weighted by atomic mass is 16.5. The molecule has 1 saturated heterocycles. The van der Waals surface area contributed by atoms with Crippen LogP contribution in [0.15, 0.2) is 91.0 Å². The molecule has 1 atom stereocenters. The number of carboxylic acids is 1. The van der Waals surface area contributed by atoms with Gasteiger partial charge in [-0.3, -0.25) is 4.79 Å². The normalized spacial score (nSPS) is 15.3. The molecular weight excluding hydrogens is 478 g/mol. The van der Waals surface area contributed by atoms with Gasteiger partial charge in [0.2, 0.25) is 0 Å². The Morgan fingerprint density at radius 2 is 1.66 bits per heavy atom. The molecule has 38 heavy (non-hydrogen) atoms. The van der Waals surface area contributed by atoms with Crippen LogP contribution in [0.4, 0.5) is 0 Å². The Morgan fingerprint density at radius 1 is 0.974 bits per heavy atom. The van der Waals surface area contributed by atoms with E-state index in [1.807, 2.05) is 78.6 Å². The SMILES string of the molecule is Cc1cc(C(=O)N2CCNC[C@H]2Cc2ccc(OCC(=O)O)cc2)c(-c2ccccc2)n1-c1ccccc1. The highest BCUT2D eigenvalue weighted by Crippen LogP contribution is 2.32. The number of rotatable bonds is 8. The average molecular weight is 510 g/mol. The molecule has 0 spiro atoms. The van der Waals surface area contributed by atoms with E-state index in [4.69, 9.17) is 9.84 Å². The number of carbonyl (C=O) groups is 2. The second-order valence-corrected chi connectivity index (χ2v) is 9.47. The van der Waals surface area contributed by atoms with Crippen LogP contribution < -0.4 is 10.1 Å². The van der Waals surface area contributed by atoms with Gasteiger partial charge in [0.05, 0.1) is 11.3 Å². The van der Waals surface area contributed by atoms with Crippen LogP contribution in [-0.2, 0) is 11.2 Å². The third-order valence-corrected chi connectivity index (χ3v) is 6.84. The lowest BCUT2D eigenvalue weighted by molar-refractivity contribution is -0.139. The Kier molecular flexibility index (Phi) is 7.56. The molecule has 0 bridgehead atoms. The number of aryl methyl sites for hydroxylation is 1. The number of carboxylic acid groups (broad SMARTS) is 1. The highest BCUT2D eigenvalue weighted by molar-refractivity contribution is 6.01. The first-order valence-electron chi connectivity index (χ1n) is 12.8. The number of piperazine rings is 1. The van der Waals surface area contributed by atoms with Crippen molar-refractivity contribution in [3.63, 3.8) is 0 Å². The number of ether oxygens (including phenoxy) is 1. The predicted molar refractivity (Wildman–Crippen MR) is 147 cm³/mol. The second-order valence-electron chi connectivity index (χ2n) is 9.47. The fraction of sp³-hybridized carbons (Fsp3) is 0.226. The second kappa shape index (κ2) is 11.4. The molecule has 2 N–H and O–H groups in total. The minimum Gasteiger partial charge on any atom is -0.482 e. The summed E-state index contributed by atoms with van der Waals surface area (Å²) in [6.07, 6.45) is 0.678. The largest absolute Gasteiger partial charge is 0.482 e. The molecule has 1 aliphatic heterocycles. The summed E-state index contributed by atoms with van der Waals surface area (Å²) in [6, 6.07) is 29.6. The van der Waals surface area contributed by atoms with Gasteiger partial charge in [0.1, 0.15) is 5.75 Å². The standard InChI is InChI=1S/C31H31N3O4/c1-22-18-28(30(24-8-4-2-5-9-24)34(22)25-10-6-3-7-11-25)31(37)33-17-16-32-20-26(33)19-23-12-14-27(15-13-23)38-21-29(35)36/h2-15,18,26,32H,16-17,19-21H2,1H3,(H,35,36)/t26-/m1/s1. The zero-order valence-corrected chi connectivity index (χ0v) is 21.3. The number of aromatic nitrogens is 1. The number of benzene rings is 3. The molecule has 7 heteroatoms. The summed E-state index contributed by atoms with van der Waals surface area (Å²) >= 11 is 0. The van der Waals surface area contributed by atoms with Gasteiger partial charge >= 0.3 is 5.97 Å². The first-order valence-corrected chi connectivity index (χ1v) is 12.8. The van der Waals surface area contributed by atoms with Crippen LogP contribution >= 0.6 is 0 Å². The van der Waals surface area contributed by atoms with E-state index in [1.54, 1.807) is 12.1 Å². The van der Waals surface area contributed by atoms with Gasteiger partial charge in [0, 0.05) is 37.1 Å². The van der Waals surface area contributed by atoms with Gasteiger partial charge in [-0.15, -0.1) is 0 Å². The van der Waals surface area contributed by atoms with E-state index in [0.717, 1.165) is 34.7 Å². The zero-order valence-electron chi connectivity index (χ0n) is 21.3.